The zero-order valence-electron chi connectivity index (χ0n) is 13.8. The highest BCUT2D eigenvalue weighted by molar-refractivity contribution is 5.85. The highest BCUT2D eigenvalue weighted by Gasteiger charge is 2.33. The molecule has 0 aromatic heterocycles. The van der Waals surface area contributed by atoms with E-state index in [1.807, 2.05) is 0 Å². The van der Waals surface area contributed by atoms with Gasteiger partial charge in [-0.05, 0) is 23.1 Å². The van der Waals surface area contributed by atoms with Crippen molar-refractivity contribution in [3.8, 4) is 0 Å². The average molecular weight is 345 g/mol. The Bertz CT molecular complexity index is 595. The van der Waals surface area contributed by atoms with E-state index < -0.39 is 35.0 Å². The standard InChI is InChI=1S/C16H22F3N3O2/c1-15(2,3)14(22-13(24)9-21-12(23)8-20)10-5-4-6-11(7-10)16(17,18)19/h4-7,14H,8-9,20H2,1-3H3,(H,21,23)(H,22,24). The van der Waals surface area contributed by atoms with Crippen LogP contribution in [0.4, 0.5) is 13.2 Å². The molecule has 0 radical (unpaired) electrons. The highest BCUT2D eigenvalue weighted by atomic mass is 19.4. The first-order valence-electron chi connectivity index (χ1n) is 7.38. The Kier molecular flexibility index (Phi) is 6.36. The number of alkyl halides is 3. The van der Waals surface area contributed by atoms with E-state index in [1.54, 1.807) is 20.8 Å². The van der Waals surface area contributed by atoms with Crippen LogP contribution in [0, 0.1) is 5.41 Å². The summed E-state index contributed by atoms with van der Waals surface area (Å²) in [6.45, 7) is 4.87. The van der Waals surface area contributed by atoms with Gasteiger partial charge in [0.15, 0.2) is 0 Å². The maximum absolute atomic E-state index is 12.9. The van der Waals surface area contributed by atoms with Gasteiger partial charge in [0.25, 0.3) is 0 Å². The summed E-state index contributed by atoms with van der Waals surface area (Å²) < 4.78 is 38.7. The van der Waals surface area contributed by atoms with Crippen molar-refractivity contribution in [1.82, 2.24) is 10.6 Å². The van der Waals surface area contributed by atoms with E-state index in [4.69, 9.17) is 5.73 Å². The molecule has 0 bridgehead atoms. The predicted octanol–water partition coefficient (Wildman–Crippen LogP) is 1.98. The van der Waals surface area contributed by atoms with E-state index in [1.165, 1.54) is 12.1 Å². The topological polar surface area (TPSA) is 84.2 Å². The molecule has 1 unspecified atom stereocenters. The fourth-order valence-electron chi connectivity index (χ4n) is 2.16. The van der Waals surface area contributed by atoms with Gasteiger partial charge in [-0.1, -0.05) is 32.9 Å². The van der Waals surface area contributed by atoms with Crippen LogP contribution in [0.1, 0.15) is 37.9 Å². The van der Waals surface area contributed by atoms with Crippen LogP contribution >= 0.6 is 0 Å². The van der Waals surface area contributed by atoms with Crippen LogP contribution in [0.2, 0.25) is 0 Å². The average Bonchev–Trinajstić information content (AvgIpc) is 2.48. The van der Waals surface area contributed by atoms with Gasteiger partial charge in [-0.25, -0.2) is 0 Å². The molecule has 24 heavy (non-hydrogen) atoms. The lowest BCUT2D eigenvalue weighted by atomic mass is 9.82. The SMILES string of the molecule is CC(C)(C)C(NC(=O)CNC(=O)CN)c1cccc(C(F)(F)F)c1. The number of amides is 2. The van der Waals surface area contributed by atoms with Crippen molar-refractivity contribution in [3.63, 3.8) is 0 Å². The second-order valence-corrected chi connectivity index (χ2v) is 6.47. The minimum atomic E-state index is -4.46. The molecule has 4 N–H and O–H groups in total. The molecule has 1 aromatic rings. The molecule has 5 nitrogen and oxygen atoms in total. The van der Waals surface area contributed by atoms with Gasteiger partial charge < -0.3 is 16.4 Å². The van der Waals surface area contributed by atoms with Crippen LogP contribution in [-0.2, 0) is 15.8 Å². The van der Waals surface area contributed by atoms with Gasteiger partial charge in [0.05, 0.1) is 24.7 Å². The molecular weight excluding hydrogens is 323 g/mol. The fourth-order valence-corrected chi connectivity index (χ4v) is 2.16. The second kappa shape index (κ2) is 7.65. The van der Waals surface area contributed by atoms with Crippen LogP contribution in [0.3, 0.4) is 0 Å². The van der Waals surface area contributed by atoms with Crippen molar-refractivity contribution in [2.45, 2.75) is 33.0 Å². The minimum absolute atomic E-state index is 0.246. The molecule has 0 aliphatic rings. The number of hydrogen-bond donors (Lipinski definition) is 3. The number of halogens is 3. The summed E-state index contributed by atoms with van der Waals surface area (Å²) in [5.74, 6) is -0.995. The van der Waals surface area contributed by atoms with Crippen molar-refractivity contribution in [3.05, 3.63) is 35.4 Å². The zero-order valence-corrected chi connectivity index (χ0v) is 13.8. The molecule has 1 aromatic carbocycles. The van der Waals surface area contributed by atoms with E-state index in [9.17, 15) is 22.8 Å². The predicted molar refractivity (Wildman–Crippen MR) is 83.8 cm³/mol. The maximum Gasteiger partial charge on any atom is 0.416 e. The molecule has 0 spiro atoms. The first-order chi connectivity index (χ1) is 10.9. The number of carbonyl (C=O) groups excluding carboxylic acids is 2. The van der Waals surface area contributed by atoms with Gasteiger partial charge in [-0.2, -0.15) is 13.2 Å². The van der Waals surface area contributed by atoms with Crippen LogP contribution in [-0.4, -0.2) is 24.9 Å². The lowest BCUT2D eigenvalue weighted by Gasteiger charge is -2.32. The third-order valence-electron chi connectivity index (χ3n) is 3.35. The first kappa shape index (κ1) is 20.0. The van der Waals surface area contributed by atoms with E-state index in [0.29, 0.717) is 5.56 Å². The molecule has 134 valence electrons. The van der Waals surface area contributed by atoms with Gasteiger partial charge in [-0.15, -0.1) is 0 Å². The van der Waals surface area contributed by atoms with Crippen molar-refractivity contribution in [2.75, 3.05) is 13.1 Å². The molecular formula is C16H22F3N3O2. The number of nitrogens with one attached hydrogen (secondary N) is 2. The summed E-state index contributed by atoms with van der Waals surface area (Å²) in [5, 5.41) is 4.99. The molecule has 2 amide bonds. The van der Waals surface area contributed by atoms with Gasteiger partial charge in [0, 0.05) is 0 Å². The summed E-state index contributed by atoms with van der Waals surface area (Å²) in [5.41, 5.74) is 4.16. The van der Waals surface area contributed by atoms with Crippen LogP contribution in [0.15, 0.2) is 24.3 Å². The second-order valence-electron chi connectivity index (χ2n) is 6.47. The molecule has 0 aliphatic heterocycles. The summed E-state index contributed by atoms with van der Waals surface area (Å²) >= 11 is 0. The van der Waals surface area contributed by atoms with E-state index >= 15 is 0 Å². The summed E-state index contributed by atoms with van der Waals surface area (Å²) in [6, 6.07) is 4.19. The van der Waals surface area contributed by atoms with Crippen LogP contribution in [0.25, 0.3) is 0 Å². The minimum Gasteiger partial charge on any atom is -0.347 e. The smallest absolute Gasteiger partial charge is 0.347 e. The maximum atomic E-state index is 12.9. The van der Waals surface area contributed by atoms with Crippen molar-refractivity contribution in [2.24, 2.45) is 11.1 Å². The van der Waals surface area contributed by atoms with Crippen molar-refractivity contribution >= 4 is 11.8 Å². The van der Waals surface area contributed by atoms with E-state index in [-0.39, 0.29) is 13.1 Å². The van der Waals surface area contributed by atoms with Gasteiger partial charge in [0.1, 0.15) is 0 Å². The van der Waals surface area contributed by atoms with Crippen molar-refractivity contribution in [1.29, 1.82) is 0 Å². The molecule has 0 heterocycles. The number of benzene rings is 1. The normalized spacial score (nSPS) is 13.3. The Labute approximate surface area is 138 Å². The largest absolute Gasteiger partial charge is 0.416 e. The molecule has 0 saturated carbocycles. The van der Waals surface area contributed by atoms with E-state index in [2.05, 4.69) is 10.6 Å². The zero-order chi connectivity index (χ0) is 18.5. The molecule has 8 heteroatoms. The van der Waals surface area contributed by atoms with Gasteiger partial charge >= 0.3 is 6.18 Å². The van der Waals surface area contributed by atoms with Gasteiger partial charge in [0.2, 0.25) is 11.8 Å². The number of rotatable bonds is 5. The molecule has 0 saturated heterocycles. The van der Waals surface area contributed by atoms with Crippen LogP contribution < -0.4 is 16.4 Å². The van der Waals surface area contributed by atoms with E-state index in [0.717, 1.165) is 12.1 Å². The quantitative estimate of drug-likeness (QED) is 0.763. The summed E-state index contributed by atoms with van der Waals surface area (Å²) in [6.07, 6.45) is -4.46. The lowest BCUT2D eigenvalue weighted by molar-refractivity contribution is -0.137. The highest BCUT2D eigenvalue weighted by Crippen LogP contribution is 2.36. The third-order valence-corrected chi connectivity index (χ3v) is 3.35. The summed E-state index contributed by atoms with van der Waals surface area (Å²) in [4.78, 5) is 23.1. The summed E-state index contributed by atoms with van der Waals surface area (Å²) in [7, 11) is 0. The Morgan fingerprint density at radius 2 is 1.79 bits per heavy atom. The number of nitrogens with two attached hydrogens (primary N) is 1. The first-order valence-corrected chi connectivity index (χ1v) is 7.38. The fraction of sp³-hybridized carbons (Fsp3) is 0.500. The molecule has 1 atom stereocenters. The van der Waals surface area contributed by atoms with Crippen LogP contribution in [0.5, 0.6) is 0 Å². The Morgan fingerprint density at radius 1 is 1.17 bits per heavy atom. The Morgan fingerprint density at radius 3 is 2.29 bits per heavy atom. The third kappa shape index (κ3) is 5.84. The Hall–Kier alpha value is -2.09. The molecule has 0 aliphatic carbocycles. The Balaban J connectivity index is 2.99. The monoisotopic (exact) mass is 345 g/mol. The molecule has 0 fully saturated rings. The number of hydrogen-bond acceptors (Lipinski definition) is 3. The van der Waals surface area contributed by atoms with Gasteiger partial charge in [-0.3, -0.25) is 9.59 Å². The van der Waals surface area contributed by atoms with Crippen molar-refractivity contribution < 1.29 is 22.8 Å². The molecule has 1 rings (SSSR count). The lowest BCUT2D eigenvalue weighted by Crippen LogP contribution is -2.43. The number of carbonyl (C=O) groups is 2.